The lowest BCUT2D eigenvalue weighted by molar-refractivity contribution is -0.124. The molecule has 2 atom stereocenters. The minimum absolute atomic E-state index is 0.128. The lowest BCUT2D eigenvalue weighted by Gasteiger charge is -2.18. The summed E-state index contributed by atoms with van der Waals surface area (Å²) in [4.78, 5) is 34.1. The minimum atomic E-state index is -0.623. The summed E-state index contributed by atoms with van der Waals surface area (Å²) in [5, 5.41) is 10.1. The van der Waals surface area contributed by atoms with E-state index >= 15 is 0 Å². The summed E-state index contributed by atoms with van der Waals surface area (Å²) in [6.45, 7) is 3.28. The van der Waals surface area contributed by atoms with Crippen LogP contribution in [0.1, 0.15) is 26.7 Å². The van der Waals surface area contributed by atoms with Gasteiger partial charge in [-0.25, -0.2) is 4.79 Å². The molecule has 102 valence electrons. The van der Waals surface area contributed by atoms with Crippen molar-refractivity contribution in [2.24, 2.45) is 0 Å². The molecule has 2 unspecified atom stereocenters. The van der Waals surface area contributed by atoms with E-state index in [-0.39, 0.29) is 11.9 Å². The van der Waals surface area contributed by atoms with Crippen LogP contribution < -0.4 is 21.3 Å². The maximum Gasteiger partial charge on any atom is 0.321 e. The maximum atomic E-state index is 11.6. The van der Waals surface area contributed by atoms with Crippen LogP contribution in [0, 0.1) is 0 Å². The molecule has 4 N–H and O–H groups in total. The number of hydrogen-bond acceptors (Lipinski definition) is 4. The molecule has 1 aliphatic carbocycles. The Morgan fingerprint density at radius 3 is 2.11 bits per heavy atom. The fourth-order valence-electron chi connectivity index (χ4n) is 1.36. The van der Waals surface area contributed by atoms with Crippen molar-refractivity contribution >= 4 is 17.8 Å². The van der Waals surface area contributed by atoms with Crippen LogP contribution in [0.4, 0.5) is 4.79 Å². The lowest BCUT2D eigenvalue weighted by Crippen LogP contribution is -2.53. The summed E-state index contributed by atoms with van der Waals surface area (Å²) >= 11 is 0. The smallest absolute Gasteiger partial charge is 0.321 e. The van der Waals surface area contributed by atoms with Crippen molar-refractivity contribution in [2.75, 3.05) is 7.05 Å². The Balaban J connectivity index is 2.32. The van der Waals surface area contributed by atoms with E-state index < -0.39 is 24.0 Å². The zero-order valence-corrected chi connectivity index (χ0v) is 10.9. The monoisotopic (exact) mass is 256 g/mol. The highest BCUT2D eigenvalue weighted by atomic mass is 16.2. The van der Waals surface area contributed by atoms with Gasteiger partial charge in [-0.15, -0.1) is 0 Å². The van der Waals surface area contributed by atoms with Crippen molar-refractivity contribution in [3.8, 4) is 0 Å². The molecule has 1 rings (SSSR count). The molecule has 0 aromatic heterocycles. The summed E-state index contributed by atoms with van der Waals surface area (Å²) in [6.07, 6.45) is 2.04. The van der Waals surface area contributed by atoms with Crippen LogP contribution in [0.3, 0.4) is 0 Å². The van der Waals surface area contributed by atoms with E-state index in [0.29, 0.717) is 0 Å². The molecule has 0 saturated heterocycles. The highest BCUT2D eigenvalue weighted by Crippen LogP contribution is 2.18. The number of urea groups is 1. The second-order valence-electron chi connectivity index (χ2n) is 4.46. The average Bonchev–Trinajstić information content (AvgIpc) is 3.12. The largest absolute Gasteiger partial charge is 0.352 e. The lowest BCUT2D eigenvalue weighted by atomic mass is 10.2. The van der Waals surface area contributed by atoms with E-state index in [9.17, 15) is 14.4 Å². The van der Waals surface area contributed by atoms with Crippen LogP contribution in [0.2, 0.25) is 0 Å². The summed E-state index contributed by atoms with van der Waals surface area (Å²) in [7, 11) is 1.42. The third kappa shape index (κ3) is 4.70. The molecule has 7 heteroatoms. The van der Waals surface area contributed by atoms with E-state index in [4.69, 9.17) is 0 Å². The van der Waals surface area contributed by atoms with Crippen molar-refractivity contribution in [1.29, 1.82) is 0 Å². The number of hydrogen-bond donors (Lipinski definition) is 4. The van der Waals surface area contributed by atoms with E-state index in [0.717, 1.165) is 12.8 Å². The molecule has 0 aromatic rings. The first-order valence-corrected chi connectivity index (χ1v) is 6.03. The van der Waals surface area contributed by atoms with Crippen LogP contribution in [0.25, 0.3) is 0 Å². The molecule has 0 aliphatic heterocycles. The number of nitrogens with one attached hydrogen (secondary N) is 4. The zero-order valence-electron chi connectivity index (χ0n) is 10.9. The highest BCUT2D eigenvalue weighted by Gasteiger charge is 2.27. The van der Waals surface area contributed by atoms with Crippen LogP contribution in [0.5, 0.6) is 0 Å². The van der Waals surface area contributed by atoms with Gasteiger partial charge < -0.3 is 10.6 Å². The predicted molar refractivity (Wildman–Crippen MR) is 65.8 cm³/mol. The van der Waals surface area contributed by atoms with Crippen molar-refractivity contribution in [3.05, 3.63) is 0 Å². The molecule has 0 aromatic carbocycles. The van der Waals surface area contributed by atoms with Gasteiger partial charge in [-0.1, -0.05) is 0 Å². The van der Waals surface area contributed by atoms with Gasteiger partial charge in [0.15, 0.2) is 0 Å². The topological polar surface area (TPSA) is 99.3 Å². The molecule has 18 heavy (non-hydrogen) atoms. The average molecular weight is 256 g/mol. The Labute approximate surface area is 106 Å². The first kappa shape index (κ1) is 14.4. The van der Waals surface area contributed by atoms with Crippen LogP contribution in [-0.2, 0) is 9.59 Å². The Kier molecular flexibility index (Phi) is 5.08. The van der Waals surface area contributed by atoms with E-state index in [1.807, 2.05) is 0 Å². The van der Waals surface area contributed by atoms with Gasteiger partial charge in [-0.3, -0.25) is 20.2 Å². The van der Waals surface area contributed by atoms with Crippen LogP contribution >= 0.6 is 0 Å². The van der Waals surface area contributed by atoms with Crippen LogP contribution in [-0.4, -0.2) is 43.0 Å². The SMILES string of the molecule is CNC(=O)NC(=O)C(C)NC(C)C(=O)NC1CC1. The standard InChI is InChI=1S/C11H20N4O3/c1-6(9(16)14-8-4-5-8)13-7(2)10(17)15-11(18)12-3/h6-8,13H,4-5H2,1-3H3,(H,14,16)(H2,12,15,17,18). The van der Waals surface area contributed by atoms with Gasteiger partial charge in [-0.2, -0.15) is 0 Å². The molecule has 0 radical (unpaired) electrons. The van der Waals surface area contributed by atoms with Gasteiger partial charge in [0.1, 0.15) is 0 Å². The third-order valence-corrected chi connectivity index (χ3v) is 2.67. The molecule has 7 nitrogen and oxygen atoms in total. The van der Waals surface area contributed by atoms with Crippen molar-refractivity contribution in [2.45, 2.75) is 44.8 Å². The number of amides is 4. The van der Waals surface area contributed by atoms with Gasteiger partial charge in [0, 0.05) is 13.1 Å². The fourth-order valence-corrected chi connectivity index (χ4v) is 1.36. The molecule has 1 saturated carbocycles. The summed E-state index contributed by atoms with van der Waals surface area (Å²) < 4.78 is 0. The minimum Gasteiger partial charge on any atom is -0.352 e. The summed E-state index contributed by atoms with van der Waals surface area (Å²) in [6, 6.07) is -1.38. The van der Waals surface area contributed by atoms with E-state index in [2.05, 4.69) is 21.3 Å². The Bertz CT molecular complexity index is 341. The van der Waals surface area contributed by atoms with Gasteiger partial charge in [0.05, 0.1) is 12.1 Å². The first-order chi connectivity index (χ1) is 8.43. The van der Waals surface area contributed by atoms with Crippen molar-refractivity contribution in [3.63, 3.8) is 0 Å². The number of rotatable bonds is 5. The molecular formula is C11H20N4O3. The predicted octanol–water partition coefficient (Wildman–Crippen LogP) is -0.913. The third-order valence-electron chi connectivity index (χ3n) is 2.67. The van der Waals surface area contributed by atoms with Crippen molar-refractivity contribution < 1.29 is 14.4 Å². The first-order valence-electron chi connectivity index (χ1n) is 6.03. The van der Waals surface area contributed by atoms with E-state index in [1.54, 1.807) is 13.8 Å². The van der Waals surface area contributed by atoms with Crippen molar-refractivity contribution in [1.82, 2.24) is 21.3 Å². The molecule has 1 fully saturated rings. The number of carbonyl (C=O) groups is 3. The van der Waals surface area contributed by atoms with Crippen LogP contribution in [0.15, 0.2) is 0 Å². The summed E-state index contributed by atoms with van der Waals surface area (Å²) in [5.41, 5.74) is 0. The molecular weight excluding hydrogens is 236 g/mol. The van der Waals surface area contributed by atoms with Gasteiger partial charge in [-0.05, 0) is 26.7 Å². The Morgan fingerprint density at radius 2 is 1.61 bits per heavy atom. The second kappa shape index (κ2) is 6.34. The van der Waals surface area contributed by atoms with Gasteiger partial charge >= 0.3 is 6.03 Å². The Hall–Kier alpha value is -1.63. The normalized spacial score (nSPS) is 17.5. The van der Waals surface area contributed by atoms with Gasteiger partial charge in [0.2, 0.25) is 11.8 Å². The molecule has 0 heterocycles. The maximum absolute atomic E-state index is 11.6. The van der Waals surface area contributed by atoms with E-state index in [1.165, 1.54) is 7.05 Å². The summed E-state index contributed by atoms with van der Waals surface area (Å²) in [5.74, 6) is -0.600. The molecule has 4 amide bonds. The number of imide groups is 1. The van der Waals surface area contributed by atoms with Gasteiger partial charge in [0.25, 0.3) is 0 Å². The zero-order chi connectivity index (χ0) is 13.7. The fraction of sp³-hybridized carbons (Fsp3) is 0.727. The highest BCUT2D eigenvalue weighted by molar-refractivity contribution is 5.97. The quantitative estimate of drug-likeness (QED) is 0.511. The second-order valence-corrected chi connectivity index (χ2v) is 4.46. The number of carbonyl (C=O) groups excluding carboxylic acids is 3. The molecule has 1 aliphatic rings. The Morgan fingerprint density at radius 1 is 1.06 bits per heavy atom. The molecule has 0 spiro atoms. The molecule has 0 bridgehead atoms.